The SMILES string of the molecule is CC(=O)Nc1nc2ccc(-c3cnc4c(c3)N(C(=O)OC3CCCOC3)CCO4)cc2s1. The molecule has 4 heterocycles. The third kappa shape index (κ3) is 4.23. The second-order valence-corrected chi connectivity index (χ2v) is 8.68. The van der Waals surface area contributed by atoms with Crippen molar-refractivity contribution in [3.8, 4) is 17.0 Å². The third-order valence-corrected chi connectivity index (χ3v) is 6.22. The molecule has 1 unspecified atom stereocenters. The molecule has 0 saturated carbocycles. The van der Waals surface area contributed by atoms with Crippen molar-refractivity contribution in [1.82, 2.24) is 9.97 Å². The van der Waals surface area contributed by atoms with Gasteiger partial charge in [-0.1, -0.05) is 17.4 Å². The summed E-state index contributed by atoms with van der Waals surface area (Å²) in [5.74, 6) is 0.249. The van der Waals surface area contributed by atoms with Crippen molar-refractivity contribution in [2.45, 2.75) is 25.9 Å². The summed E-state index contributed by atoms with van der Waals surface area (Å²) in [6.07, 6.45) is 2.76. The molecule has 3 aromatic rings. The number of nitrogens with zero attached hydrogens (tertiary/aromatic N) is 3. The standard InChI is InChI=1S/C22H22N4O5S/c1-13(27)24-21-25-17-5-4-14(10-19(17)32-21)15-9-18-20(23-11-15)30-8-6-26(18)22(28)31-16-3-2-7-29-12-16/h4-5,9-11,16H,2-3,6-8,12H2,1H3,(H,24,25,27). The zero-order chi connectivity index (χ0) is 22.1. The highest BCUT2D eigenvalue weighted by atomic mass is 32.1. The molecule has 1 atom stereocenters. The van der Waals surface area contributed by atoms with Gasteiger partial charge in [0.25, 0.3) is 0 Å². The van der Waals surface area contributed by atoms with E-state index in [9.17, 15) is 9.59 Å². The monoisotopic (exact) mass is 454 g/mol. The number of pyridine rings is 1. The maximum atomic E-state index is 12.9. The lowest BCUT2D eigenvalue weighted by Crippen LogP contribution is -2.41. The van der Waals surface area contributed by atoms with E-state index in [0.29, 0.717) is 43.1 Å². The first-order valence-corrected chi connectivity index (χ1v) is 11.3. The number of ether oxygens (including phenoxy) is 3. The van der Waals surface area contributed by atoms with Crippen LogP contribution in [0.3, 0.4) is 0 Å². The largest absolute Gasteiger partial charge is 0.474 e. The maximum Gasteiger partial charge on any atom is 0.414 e. The lowest BCUT2D eigenvalue weighted by Gasteiger charge is -2.30. The molecule has 2 amide bonds. The van der Waals surface area contributed by atoms with E-state index in [0.717, 1.165) is 34.2 Å². The summed E-state index contributed by atoms with van der Waals surface area (Å²) in [5, 5.41) is 3.28. The average molecular weight is 455 g/mol. The Hall–Kier alpha value is -3.24. The topological polar surface area (TPSA) is 103 Å². The second-order valence-electron chi connectivity index (χ2n) is 7.65. The molecule has 0 spiro atoms. The summed E-state index contributed by atoms with van der Waals surface area (Å²) < 4.78 is 17.7. The summed E-state index contributed by atoms with van der Waals surface area (Å²) in [4.78, 5) is 34.6. The predicted octanol–water partition coefficient (Wildman–Crippen LogP) is 3.83. The molecule has 2 aromatic heterocycles. The van der Waals surface area contributed by atoms with E-state index in [1.807, 2.05) is 24.3 Å². The molecule has 1 N–H and O–H groups in total. The Balaban J connectivity index is 1.42. The van der Waals surface area contributed by atoms with Crippen LogP contribution in [0.2, 0.25) is 0 Å². The van der Waals surface area contributed by atoms with E-state index in [-0.39, 0.29) is 12.0 Å². The van der Waals surface area contributed by atoms with Gasteiger partial charge >= 0.3 is 6.09 Å². The molecule has 9 nitrogen and oxygen atoms in total. The molecule has 2 aliphatic rings. The summed E-state index contributed by atoms with van der Waals surface area (Å²) >= 11 is 1.40. The molecule has 166 valence electrons. The fourth-order valence-electron chi connectivity index (χ4n) is 3.77. The zero-order valence-electron chi connectivity index (χ0n) is 17.5. The van der Waals surface area contributed by atoms with Crippen molar-refractivity contribution in [2.75, 3.05) is 36.6 Å². The summed E-state index contributed by atoms with van der Waals surface area (Å²) in [6, 6.07) is 7.72. The van der Waals surface area contributed by atoms with E-state index in [2.05, 4.69) is 15.3 Å². The van der Waals surface area contributed by atoms with Gasteiger partial charge in [0.1, 0.15) is 18.4 Å². The highest BCUT2D eigenvalue weighted by Crippen LogP contribution is 2.36. The highest BCUT2D eigenvalue weighted by Gasteiger charge is 2.29. The summed E-state index contributed by atoms with van der Waals surface area (Å²) in [5.41, 5.74) is 3.14. The number of anilines is 2. The highest BCUT2D eigenvalue weighted by molar-refractivity contribution is 7.22. The molecule has 10 heteroatoms. The first kappa shape index (κ1) is 20.7. The first-order chi connectivity index (χ1) is 15.6. The molecule has 1 aromatic carbocycles. The van der Waals surface area contributed by atoms with Crippen LogP contribution in [-0.2, 0) is 14.3 Å². The fourth-order valence-corrected chi connectivity index (χ4v) is 4.72. The van der Waals surface area contributed by atoms with Gasteiger partial charge in [-0.05, 0) is 36.6 Å². The van der Waals surface area contributed by atoms with E-state index in [4.69, 9.17) is 14.2 Å². The van der Waals surface area contributed by atoms with Crippen LogP contribution < -0.4 is 15.0 Å². The smallest absolute Gasteiger partial charge is 0.414 e. The van der Waals surface area contributed by atoms with Gasteiger partial charge in [0.15, 0.2) is 5.13 Å². The molecular formula is C22H22N4O5S. The number of thiazole rings is 1. The minimum Gasteiger partial charge on any atom is -0.474 e. The minimum atomic E-state index is -0.415. The van der Waals surface area contributed by atoms with Gasteiger partial charge < -0.3 is 19.5 Å². The van der Waals surface area contributed by atoms with Gasteiger partial charge in [-0.15, -0.1) is 0 Å². The molecular weight excluding hydrogens is 432 g/mol. The van der Waals surface area contributed by atoms with Crippen LogP contribution in [0.4, 0.5) is 15.6 Å². The Kier molecular flexibility index (Phi) is 5.62. The quantitative estimate of drug-likeness (QED) is 0.641. The van der Waals surface area contributed by atoms with Crippen molar-refractivity contribution in [2.24, 2.45) is 0 Å². The number of benzene rings is 1. The predicted molar refractivity (Wildman–Crippen MR) is 120 cm³/mol. The van der Waals surface area contributed by atoms with E-state index >= 15 is 0 Å². The average Bonchev–Trinajstić information content (AvgIpc) is 3.19. The number of aromatic nitrogens is 2. The van der Waals surface area contributed by atoms with Gasteiger partial charge in [-0.3, -0.25) is 9.69 Å². The summed E-state index contributed by atoms with van der Waals surface area (Å²) in [6.45, 7) is 3.33. The van der Waals surface area contributed by atoms with Crippen LogP contribution in [0, 0.1) is 0 Å². The number of carbonyl (C=O) groups is 2. The lowest BCUT2D eigenvalue weighted by molar-refractivity contribution is -0.114. The van der Waals surface area contributed by atoms with Gasteiger partial charge in [-0.25, -0.2) is 14.8 Å². The normalized spacial score (nSPS) is 18.0. The third-order valence-electron chi connectivity index (χ3n) is 5.29. The molecule has 1 fully saturated rings. The van der Waals surface area contributed by atoms with Crippen LogP contribution in [0.25, 0.3) is 21.3 Å². The van der Waals surface area contributed by atoms with Crippen molar-refractivity contribution in [1.29, 1.82) is 0 Å². The van der Waals surface area contributed by atoms with Crippen LogP contribution in [0.15, 0.2) is 30.5 Å². The Morgan fingerprint density at radius 1 is 1.25 bits per heavy atom. The Morgan fingerprint density at radius 2 is 2.16 bits per heavy atom. The van der Waals surface area contributed by atoms with E-state index < -0.39 is 6.09 Å². The maximum absolute atomic E-state index is 12.9. The van der Waals surface area contributed by atoms with Crippen LogP contribution in [0.1, 0.15) is 19.8 Å². The summed E-state index contributed by atoms with van der Waals surface area (Å²) in [7, 11) is 0. The molecule has 0 radical (unpaired) electrons. The minimum absolute atomic E-state index is 0.157. The van der Waals surface area contributed by atoms with Gasteiger partial charge in [0.05, 0.1) is 23.4 Å². The zero-order valence-corrected chi connectivity index (χ0v) is 18.3. The number of fused-ring (bicyclic) bond motifs is 2. The van der Waals surface area contributed by atoms with Gasteiger partial charge in [0.2, 0.25) is 11.8 Å². The molecule has 5 rings (SSSR count). The number of hydrogen-bond donors (Lipinski definition) is 1. The fraction of sp³-hybridized carbons (Fsp3) is 0.364. The van der Waals surface area contributed by atoms with Gasteiger partial charge in [0, 0.05) is 25.3 Å². The van der Waals surface area contributed by atoms with Crippen LogP contribution in [-0.4, -0.2) is 54.4 Å². The molecule has 32 heavy (non-hydrogen) atoms. The van der Waals surface area contributed by atoms with Crippen molar-refractivity contribution < 1.29 is 23.8 Å². The molecule has 0 aliphatic carbocycles. The van der Waals surface area contributed by atoms with Crippen molar-refractivity contribution in [3.05, 3.63) is 30.5 Å². The molecule has 2 aliphatic heterocycles. The molecule has 1 saturated heterocycles. The number of amides is 2. The Morgan fingerprint density at radius 3 is 2.97 bits per heavy atom. The number of carbonyl (C=O) groups excluding carboxylic acids is 2. The second kappa shape index (κ2) is 8.71. The van der Waals surface area contributed by atoms with E-state index in [1.165, 1.54) is 18.3 Å². The van der Waals surface area contributed by atoms with Gasteiger partial charge in [-0.2, -0.15) is 0 Å². The number of nitrogens with one attached hydrogen (secondary N) is 1. The van der Waals surface area contributed by atoms with Crippen molar-refractivity contribution in [3.63, 3.8) is 0 Å². The van der Waals surface area contributed by atoms with Crippen LogP contribution in [0.5, 0.6) is 5.88 Å². The number of rotatable bonds is 3. The van der Waals surface area contributed by atoms with E-state index in [1.54, 1.807) is 11.1 Å². The van der Waals surface area contributed by atoms with Crippen molar-refractivity contribution >= 4 is 44.4 Å². The van der Waals surface area contributed by atoms with Crippen LogP contribution >= 0.6 is 11.3 Å². The number of hydrogen-bond acceptors (Lipinski definition) is 8. The molecule has 0 bridgehead atoms. The Bertz CT molecular complexity index is 1170. The Labute approximate surface area is 188 Å². The first-order valence-electron chi connectivity index (χ1n) is 10.4. The lowest BCUT2D eigenvalue weighted by atomic mass is 10.1.